The molecule has 0 radical (unpaired) electrons. The molecule has 1 amide bonds. The molecule has 0 aliphatic carbocycles. The van der Waals surface area contributed by atoms with Crippen molar-refractivity contribution in [3.8, 4) is 0 Å². The van der Waals surface area contributed by atoms with Crippen molar-refractivity contribution >= 4 is 44.0 Å². The first-order chi connectivity index (χ1) is 10.7. The molecule has 22 heavy (non-hydrogen) atoms. The SMILES string of the molecule is O=C(Nc1scc2c1c(=O)oc1ccccc12)[C@H]1CCCO1. The molecule has 2 aromatic heterocycles. The number of nitrogens with one attached hydrogen (secondary N) is 1. The Morgan fingerprint density at radius 1 is 1.27 bits per heavy atom. The van der Waals surface area contributed by atoms with E-state index in [0.29, 0.717) is 29.0 Å². The highest BCUT2D eigenvalue weighted by molar-refractivity contribution is 7.16. The van der Waals surface area contributed by atoms with Gasteiger partial charge in [-0.15, -0.1) is 11.3 Å². The van der Waals surface area contributed by atoms with E-state index >= 15 is 0 Å². The topological polar surface area (TPSA) is 68.5 Å². The van der Waals surface area contributed by atoms with Gasteiger partial charge in [-0.25, -0.2) is 4.79 Å². The number of amides is 1. The lowest BCUT2D eigenvalue weighted by atomic mass is 10.1. The Hall–Kier alpha value is -2.18. The van der Waals surface area contributed by atoms with Crippen LogP contribution in [0.25, 0.3) is 21.7 Å². The van der Waals surface area contributed by atoms with Gasteiger partial charge in [-0.2, -0.15) is 0 Å². The van der Waals surface area contributed by atoms with Gasteiger partial charge in [0.05, 0.1) is 0 Å². The molecule has 0 unspecified atom stereocenters. The van der Waals surface area contributed by atoms with Gasteiger partial charge < -0.3 is 14.5 Å². The van der Waals surface area contributed by atoms with E-state index in [9.17, 15) is 9.59 Å². The molecular weight excluding hydrogens is 302 g/mol. The molecule has 3 aromatic rings. The zero-order chi connectivity index (χ0) is 15.1. The number of thiophene rings is 1. The predicted molar refractivity (Wildman–Crippen MR) is 85.5 cm³/mol. The van der Waals surface area contributed by atoms with E-state index in [1.54, 1.807) is 6.07 Å². The zero-order valence-corrected chi connectivity index (χ0v) is 12.4. The fourth-order valence-electron chi connectivity index (χ4n) is 2.76. The van der Waals surface area contributed by atoms with E-state index in [0.717, 1.165) is 17.2 Å². The number of hydrogen-bond donors (Lipinski definition) is 1. The average molecular weight is 315 g/mol. The molecule has 0 spiro atoms. The first-order valence-electron chi connectivity index (χ1n) is 7.09. The Morgan fingerprint density at radius 2 is 2.14 bits per heavy atom. The number of anilines is 1. The second kappa shape index (κ2) is 5.23. The average Bonchev–Trinajstić information content (AvgIpc) is 3.17. The summed E-state index contributed by atoms with van der Waals surface area (Å²) in [5.41, 5.74) is 0.118. The molecule has 4 rings (SSSR count). The van der Waals surface area contributed by atoms with Crippen molar-refractivity contribution in [3.05, 3.63) is 40.1 Å². The molecule has 1 aromatic carbocycles. The number of fused-ring (bicyclic) bond motifs is 3. The van der Waals surface area contributed by atoms with Crippen molar-refractivity contribution in [1.29, 1.82) is 0 Å². The number of ether oxygens (including phenoxy) is 1. The van der Waals surface area contributed by atoms with Gasteiger partial charge in [-0.3, -0.25) is 4.79 Å². The van der Waals surface area contributed by atoms with Gasteiger partial charge in [0.15, 0.2) is 0 Å². The van der Waals surface area contributed by atoms with Crippen LogP contribution in [0.5, 0.6) is 0 Å². The number of para-hydroxylation sites is 1. The molecule has 0 saturated carbocycles. The van der Waals surface area contributed by atoms with E-state index in [2.05, 4.69) is 5.32 Å². The summed E-state index contributed by atoms with van der Waals surface area (Å²) in [6.45, 7) is 0.607. The van der Waals surface area contributed by atoms with Crippen LogP contribution in [0.3, 0.4) is 0 Å². The zero-order valence-electron chi connectivity index (χ0n) is 11.6. The summed E-state index contributed by atoms with van der Waals surface area (Å²) in [5, 5.41) is 7.30. The molecule has 1 atom stereocenters. The third kappa shape index (κ3) is 2.12. The van der Waals surface area contributed by atoms with Crippen LogP contribution in [0, 0.1) is 0 Å². The normalized spacial score (nSPS) is 18.1. The second-order valence-electron chi connectivity index (χ2n) is 5.23. The van der Waals surface area contributed by atoms with Gasteiger partial charge in [-0.1, -0.05) is 18.2 Å². The van der Waals surface area contributed by atoms with E-state index < -0.39 is 11.7 Å². The van der Waals surface area contributed by atoms with Gasteiger partial charge in [0.25, 0.3) is 5.91 Å². The lowest BCUT2D eigenvalue weighted by molar-refractivity contribution is -0.124. The minimum atomic E-state index is -0.433. The van der Waals surface area contributed by atoms with Crippen molar-refractivity contribution < 1.29 is 13.9 Å². The first kappa shape index (κ1) is 13.5. The Balaban J connectivity index is 1.80. The largest absolute Gasteiger partial charge is 0.422 e. The van der Waals surface area contributed by atoms with Crippen molar-refractivity contribution in [2.24, 2.45) is 0 Å². The van der Waals surface area contributed by atoms with E-state index in [1.807, 2.05) is 23.6 Å². The molecule has 5 nitrogen and oxygen atoms in total. The predicted octanol–water partition coefficient (Wildman–Crippen LogP) is 3.13. The Labute approximate surface area is 129 Å². The molecule has 1 aliphatic rings. The highest BCUT2D eigenvalue weighted by Crippen LogP contribution is 2.33. The van der Waals surface area contributed by atoms with Crippen molar-refractivity contribution in [2.75, 3.05) is 11.9 Å². The third-order valence-corrected chi connectivity index (χ3v) is 4.73. The summed E-state index contributed by atoms with van der Waals surface area (Å²) >= 11 is 1.33. The van der Waals surface area contributed by atoms with Gasteiger partial charge >= 0.3 is 5.63 Å². The summed E-state index contributed by atoms with van der Waals surface area (Å²) in [6, 6.07) is 7.38. The quantitative estimate of drug-likeness (QED) is 0.738. The summed E-state index contributed by atoms with van der Waals surface area (Å²) in [5.74, 6) is -0.200. The highest BCUT2D eigenvalue weighted by Gasteiger charge is 2.25. The minimum absolute atomic E-state index is 0.200. The van der Waals surface area contributed by atoms with Crippen LogP contribution in [0.4, 0.5) is 5.00 Å². The van der Waals surface area contributed by atoms with Gasteiger partial charge in [0, 0.05) is 22.8 Å². The second-order valence-corrected chi connectivity index (χ2v) is 6.11. The van der Waals surface area contributed by atoms with Crippen LogP contribution in [0.1, 0.15) is 12.8 Å². The molecule has 0 bridgehead atoms. The Morgan fingerprint density at radius 3 is 2.95 bits per heavy atom. The highest BCUT2D eigenvalue weighted by atomic mass is 32.1. The van der Waals surface area contributed by atoms with Gasteiger partial charge in [-0.05, 0) is 18.9 Å². The van der Waals surface area contributed by atoms with Gasteiger partial charge in [0.2, 0.25) is 0 Å². The molecule has 1 fully saturated rings. The molecule has 1 saturated heterocycles. The molecule has 1 aliphatic heterocycles. The van der Waals surface area contributed by atoms with Crippen molar-refractivity contribution in [2.45, 2.75) is 18.9 Å². The van der Waals surface area contributed by atoms with E-state index in [1.165, 1.54) is 11.3 Å². The Kier molecular flexibility index (Phi) is 3.20. The number of hydrogen-bond acceptors (Lipinski definition) is 5. The smallest absolute Gasteiger partial charge is 0.347 e. The molecule has 112 valence electrons. The van der Waals surface area contributed by atoms with Crippen molar-refractivity contribution in [3.63, 3.8) is 0 Å². The summed E-state index contributed by atoms with van der Waals surface area (Å²) in [4.78, 5) is 24.4. The van der Waals surface area contributed by atoms with Crippen LogP contribution in [-0.2, 0) is 9.53 Å². The van der Waals surface area contributed by atoms with Crippen LogP contribution in [0.15, 0.2) is 38.9 Å². The van der Waals surface area contributed by atoms with Crippen LogP contribution < -0.4 is 10.9 Å². The maximum Gasteiger partial charge on any atom is 0.347 e. The lowest BCUT2D eigenvalue weighted by Gasteiger charge is -2.09. The number of rotatable bonds is 2. The van der Waals surface area contributed by atoms with Crippen molar-refractivity contribution in [1.82, 2.24) is 0 Å². The van der Waals surface area contributed by atoms with E-state index in [4.69, 9.17) is 9.15 Å². The lowest BCUT2D eigenvalue weighted by Crippen LogP contribution is -2.26. The molecule has 6 heteroatoms. The fraction of sp³-hybridized carbons (Fsp3) is 0.250. The summed E-state index contributed by atoms with van der Waals surface area (Å²) in [7, 11) is 0. The summed E-state index contributed by atoms with van der Waals surface area (Å²) in [6.07, 6.45) is 1.17. The Bertz CT molecular complexity index is 921. The minimum Gasteiger partial charge on any atom is -0.422 e. The maximum atomic E-state index is 12.2. The van der Waals surface area contributed by atoms with Crippen LogP contribution in [-0.4, -0.2) is 18.6 Å². The number of carbonyl (C=O) groups is 1. The third-order valence-electron chi connectivity index (χ3n) is 3.83. The van der Waals surface area contributed by atoms with Crippen LogP contribution in [0.2, 0.25) is 0 Å². The monoisotopic (exact) mass is 315 g/mol. The summed E-state index contributed by atoms with van der Waals surface area (Å²) < 4.78 is 10.7. The molecule has 3 heterocycles. The standard InChI is InChI=1S/C16H13NO4S/c18-14(12-6-3-7-20-12)17-15-13-10(8-22-15)9-4-1-2-5-11(9)21-16(13)19/h1-2,4-5,8,12H,3,6-7H2,(H,17,18)/t12-/m1/s1. The molecule has 1 N–H and O–H groups in total. The fourth-order valence-corrected chi connectivity index (χ4v) is 3.71. The first-order valence-corrected chi connectivity index (χ1v) is 7.97. The number of benzene rings is 1. The molecular formula is C16H13NO4S. The number of carbonyl (C=O) groups excluding carboxylic acids is 1. The van der Waals surface area contributed by atoms with E-state index in [-0.39, 0.29) is 5.91 Å². The van der Waals surface area contributed by atoms with Crippen LogP contribution >= 0.6 is 11.3 Å². The van der Waals surface area contributed by atoms with Gasteiger partial charge in [0.1, 0.15) is 22.1 Å². The maximum absolute atomic E-state index is 12.2.